The number of pyridine rings is 1. The first-order valence-corrected chi connectivity index (χ1v) is 25.3. The highest BCUT2D eigenvalue weighted by atomic mass is 33.1. The molecule has 0 aliphatic rings. The van der Waals surface area contributed by atoms with Gasteiger partial charge in [-0.15, -0.1) is 0 Å². The number of nitrogens with one attached hydrogen (secondary N) is 5. The van der Waals surface area contributed by atoms with E-state index in [1.807, 2.05) is 25.1 Å². The molecule has 6 unspecified atom stereocenters. The fourth-order valence-corrected chi connectivity index (χ4v) is 12.7. The van der Waals surface area contributed by atoms with E-state index >= 15 is 0 Å². The summed E-state index contributed by atoms with van der Waals surface area (Å²) in [5.41, 5.74) is -1.72. The zero-order valence-corrected chi connectivity index (χ0v) is 37.2. The fourth-order valence-electron chi connectivity index (χ4n) is 4.96. The molecule has 1 aromatic rings. The molecule has 51 heavy (non-hydrogen) atoms. The minimum atomic E-state index is -1.43. The summed E-state index contributed by atoms with van der Waals surface area (Å²) in [7, 11) is 7.25. The van der Waals surface area contributed by atoms with Crippen LogP contribution in [0.15, 0.2) is 29.4 Å². The van der Waals surface area contributed by atoms with Gasteiger partial charge in [0.25, 0.3) is 0 Å². The molecule has 0 aliphatic carbocycles. The average Bonchev–Trinajstić information content (AvgIpc) is 3.05. The largest absolute Gasteiger partial charge is 0.443 e. The Morgan fingerprint density at radius 3 is 2.25 bits per heavy atom. The van der Waals surface area contributed by atoms with Crippen LogP contribution in [0.5, 0.6) is 0 Å². The van der Waals surface area contributed by atoms with E-state index in [0.717, 1.165) is 5.03 Å². The summed E-state index contributed by atoms with van der Waals surface area (Å²) in [4.78, 5) is 73.5. The van der Waals surface area contributed by atoms with Crippen molar-refractivity contribution in [2.24, 2.45) is 16.2 Å². The molecule has 0 saturated carbocycles. The van der Waals surface area contributed by atoms with Crippen molar-refractivity contribution in [1.82, 2.24) is 30.6 Å². The normalized spacial score (nSPS) is 16.1. The van der Waals surface area contributed by atoms with E-state index < -0.39 is 54.6 Å². The van der Waals surface area contributed by atoms with Crippen LogP contribution in [0.1, 0.15) is 88.0 Å². The highest BCUT2D eigenvalue weighted by Gasteiger charge is 2.49. The SMILES string of the molecule is CCC(C)(CC(C)(CC(C)(C)C(=O)S(NCNC(=O)CCSSc1ccccn1)=PP)C(=O)S(=P)NNC(=O)OC(C)(C)C)C(=O)NCC(C)O. The number of aliphatic hydroxyl groups is 1. The number of hydrazine groups is 1. The molecule has 1 aromatic heterocycles. The lowest BCUT2D eigenvalue weighted by Gasteiger charge is -2.41. The van der Waals surface area contributed by atoms with Crippen molar-refractivity contribution in [3.8, 4) is 0 Å². The number of hydrogen-bond acceptors (Lipinski definition) is 10. The van der Waals surface area contributed by atoms with Gasteiger partial charge >= 0.3 is 6.09 Å². The van der Waals surface area contributed by atoms with E-state index in [9.17, 15) is 29.1 Å². The van der Waals surface area contributed by atoms with Gasteiger partial charge in [-0.2, -0.15) is 4.83 Å². The first-order chi connectivity index (χ1) is 23.6. The molecular weight excluding hydrogens is 790 g/mol. The van der Waals surface area contributed by atoms with E-state index in [-0.39, 0.29) is 48.1 Å². The molecule has 0 fully saturated rings. The molecule has 0 radical (unpaired) electrons. The summed E-state index contributed by atoms with van der Waals surface area (Å²) in [5, 5.41) is 15.7. The summed E-state index contributed by atoms with van der Waals surface area (Å²) in [6.07, 6.45) is 1.01. The smallest absolute Gasteiger partial charge is 0.422 e. The van der Waals surface area contributed by atoms with Crippen molar-refractivity contribution in [2.45, 2.75) is 105 Å². The Hall–Kier alpha value is -0.990. The Kier molecular flexibility index (Phi) is 21.1. The quantitative estimate of drug-likeness (QED) is 0.0321. The van der Waals surface area contributed by atoms with Gasteiger partial charge in [-0.3, -0.25) is 19.2 Å². The van der Waals surface area contributed by atoms with Gasteiger partial charge in [-0.1, -0.05) is 68.4 Å². The monoisotopic (exact) mass is 844 g/mol. The van der Waals surface area contributed by atoms with Gasteiger partial charge in [0.15, 0.2) is 0 Å². The third-order valence-corrected chi connectivity index (χ3v) is 16.6. The lowest BCUT2D eigenvalue weighted by molar-refractivity contribution is -0.135. The summed E-state index contributed by atoms with van der Waals surface area (Å²) in [5.74, 6) is 0.108. The lowest BCUT2D eigenvalue weighted by Crippen LogP contribution is -2.51. The van der Waals surface area contributed by atoms with Crippen molar-refractivity contribution in [3.63, 3.8) is 0 Å². The first-order valence-electron chi connectivity index (χ1n) is 16.2. The summed E-state index contributed by atoms with van der Waals surface area (Å²) < 4.78 is 8.42. The van der Waals surface area contributed by atoms with Gasteiger partial charge in [-0.25, -0.2) is 19.9 Å². The van der Waals surface area contributed by atoms with Crippen LogP contribution in [0.3, 0.4) is 0 Å². The van der Waals surface area contributed by atoms with E-state index in [0.29, 0.717) is 25.6 Å². The topological polar surface area (TPSA) is 188 Å². The van der Waals surface area contributed by atoms with Crippen LogP contribution >= 0.6 is 45.6 Å². The van der Waals surface area contributed by atoms with Crippen LogP contribution in [-0.4, -0.2) is 68.9 Å². The maximum absolute atomic E-state index is 14.3. The second-order valence-corrected chi connectivity index (χ2v) is 23.9. The van der Waals surface area contributed by atoms with Gasteiger partial charge in [0.2, 0.25) is 22.0 Å². The number of hydrogen-bond donors (Lipinski definition) is 6. The second-order valence-electron chi connectivity index (χ2n) is 14.0. The van der Waals surface area contributed by atoms with Gasteiger partial charge in [0, 0.05) is 41.2 Å². The maximum atomic E-state index is 14.3. The van der Waals surface area contributed by atoms with Gasteiger partial charge < -0.3 is 20.5 Å². The predicted molar refractivity (Wildman–Crippen MR) is 220 cm³/mol. The van der Waals surface area contributed by atoms with Crippen LogP contribution in [0.2, 0.25) is 0 Å². The van der Waals surface area contributed by atoms with Crippen molar-refractivity contribution < 1.29 is 33.8 Å². The molecule has 13 nitrogen and oxygen atoms in total. The molecule has 0 aliphatic heterocycles. The molecule has 0 aromatic carbocycles. The summed E-state index contributed by atoms with van der Waals surface area (Å²) in [6, 6.07) is 5.65. The third kappa shape index (κ3) is 17.8. The number of rotatable bonds is 20. The van der Waals surface area contributed by atoms with Crippen molar-refractivity contribution >= 4 is 94.2 Å². The van der Waals surface area contributed by atoms with E-state index in [4.69, 9.17) is 4.74 Å². The van der Waals surface area contributed by atoms with Gasteiger partial charge in [0.05, 0.1) is 12.8 Å². The average molecular weight is 845 g/mol. The van der Waals surface area contributed by atoms with E-state index in [2.05, 4.69) is 47.5 Å². The Labute approximate surface area is 321 Å². The first kappa shape index (κ1) is 48.0. The van der Waals surface area contributed by atoms with E-state index in [1.54, 1.807) is 61.6 Å². The minimum absolute atomic E-state index is 0.0497. The summed E-state index contributed by atoms with van der Waals surface area (Å²) >= 11 is 0. The lowest BCUT2D eigenvalue weighted by atomic mass is 9.65. The molecule has 20 heteroatoms. The second kappa shape index (κ2) is 22.4. The van der Waals surface area contributed by atoms with Crippen LogP contribution in [0, 0.1) is 16.2 Å². The molecule has 0 saturated heterocycles. The molecule has 1 rings (SSSR count). The molecule has 0 spiro atoms. The number of amides is 3. The highest BCUT2D eigenvalue weighted by molar-refractivity contribution is 8.76. The number of carbonyl (C=O) groups excluding carboxylic acids is 5. The molecule has 0 bridgehead atoms. The number of aliphatic hydroxyl groups excluding tert-OH is 1. The van der Waals surface area contributed by atoms with Crippen molar-refractivity contribution in [3.05, 3.63) is 24.4 Å². The number of aromatic nitrogens is 1. The molecule has 6 atom stereocenters. The molecule has 290 valence electrons. The number of carbonyl (C=O) groups is 5. The van der Waals surface area contributed by atoms with Gasteiger partial charge in [-0.05, 0) is 97.4 Å². The van der Waals surface area contributed by atoms with Gasteiger partial charge in [0.1, 0.15) is 10.6 Å². The molecule has 3 amide bonds. The fraction of sp³-hybridized carbons (Fsp3) is 0.677. The Balaban J connectivity index is 3.11. The molecular formula is C31H55N6O7P3S4. The predicted octanol–water partition coefficient (Wildman–Crippen LogP) is 5.46. The number of nitrogens with zero attached hydrogens (tertiary/aromatic N) is 1. The van der Waals surface area contributed by atoms with Crippen LogP contribution in [0.25, 0.3) is 0 Å². The maximum Gasteiger partial charge on any atom is 0.422 e. The van der Waals surface area contributed by atoms with E-state index in [1.165, 1.54) is 21.6 Å². The number of ether oxygens (including phenoxy) is 1. The van der Waals surface area contributed by atoms with Crippen LogP contribution in [-0.2, 0) is 44.4 Å². The minimum Gasteiger partial charge on any atom is -0.443 e. The Bertz CT molecular complexity index is 1420. The zero-order chi connectivity index (χ0) is 39.0. The van der Waals surface area contributed by atoms with Crippen LogP contribution < -0.4 is 25.6 Å². The Morgan fingerprint density at radius 1 is 1.04 bits per heavy atom. The zero-order valence-electron chi connectivity index (χ0n) is 30.8. The molecule has 1 heterocycles. The summed E-state index contributed by atoms with van der Waals surface area (Å²) in [6.45, 7) is 15.7. The standard InChI is InChI=1S/C31H55N6O7P3S4/c1-10-30(8,24(40)33-17-21(2)38)19-31(9,26(42)50(46)37-36-27(43)44-28(3,4)5)18-29(6,7)25(41)51(47-45)35-20-34-22(39)14-16-48-49-23-13-11-12-15-32-23/h11-13,15,21,35,37-38,46H,10,14,16-20,45H2,1-9H3,(H,33,40)(H,34,39)(H,36,43). The van der Waals surface area contributed by atoms with Crippen LogP contribution in [0.4, 0.5) is 4.79 Å². The highest BCUT2D eigenvalue weighted by Crippen LogP contribution is 2.46. The van der Waals surface area contributed by atoms with Crippen molar-refractivity contribution in [1.29, 1.82) is 0 Å². The Morgan fingerprint density at radius 2 is 1.71 bits per heavy atom. The van der Waals surface area contributed by atoms with Crippen molar-refractivity contribution in [2.75, 3.05) is 19.0 Å². The molecule has 6 N–H and O–H groups in total. The third-order valence-electron chi connectivity index (χ3n) is 7.35.